The molecule has 0 bridgehead atoms. The van der Waals surface area contributed by atoms with Crippen molar-refractivity contribution < 1.29 is 4.79 Å². The van der Waals surface area contributed by atoms with Crippen molar-refractivity contribution in [3.05, 3.63) is 41.2 Å². The molecule has 0 atom stereocenters. The van der Waals surface area contributed by atoms with Gasteiger partial charge in [-0.1, -0.05) is 23.9 Å². The third-order valence-corrected chi connectivity index (χ3v) is 5.79. The maximum Gasteiger partial charge on any atom is 0.227 e. The highest BCUT2D eigenvalue weighted by molar-refractivity contribution is 7.99. The minimum Gasteiger partial charge on any atom is -0.310 e. The molecule has 0 N–H and O–H groups in total. The van der Waals surface area contributed by atoms with Crippen LogP contribution in [0.4, 0.5) is 5.69 Å². The SMILES string of the molecule is CSc1nc(C)c(CCC(=O)N2CCSc3ccccc32)c(C)n1. The van der Waals surface area contributed by atoms with Crippen LogP contribution in [0.15, 0.2) is 34.3 Å². The topological polar surface area (TPSA) is 46.1 Å². The molecule has 6 heteroatoms. The van der Waals surface area contributed by atoms with Crippen LogP contribution in [0.5, 0.6) is 0 Å². The highest BCUT2D eigenvalue weighted by Crippen LogP contribution is 2.34. The van der Waals surface area contributed by atoms with E-state index in [0.717, 1.165) is 40.1 Å². The summed E-state index contributed by atoms with van der Waals surface area (Å²) in [5, 5.41) is 0.794. The number of thioether (sulfide) groups is 2. The molecule has 1 aromatic heterocycles. The van der Waals surface area contributed by atoms with E-state index >= 15 is 0 Å². The largest absolute Gasteiger partial charge is 0.310 e. The second-order valence-electron chi connectivity index (χ2n) is 5.72. The molecule has 4 nitrogen and oxygen atoms in total. The number of rotatable bonds is 4. The van der Waals surface area contributed by atoms with Crippen LogP contribution in [-0.2, 0) is 11.2 Å². The van der Waals surface area contributed by atoms with Crippen LogP contribution in [0.3, 0.4) is 0 Å². The molecule has 0 fully saturated rings. The smallest absolute Gasteiger partial charge is 0.227 e. The number of hydrogen-bond donors (Lipinski definition) is 0. The van der Waals surface area contributed by atoms with Gasteiger partial charge in [0.15, 0.2) is 5.16 Å². The van der Waals surface area contributed by atoms with Gasteiger partial charge in [-0.2, -0.15) is 0 Å². The molecule has 1 aliphatic rings. The average molecular weight is 360 g/mol. The molecule has 0 saturated heterocycles. The zero-order valence-corrected chi connectivity index (χ0v) is 15.8. The summed E-state index contributed by atoms with van der Waals surface area (Å²) in [6.45, 7) is 4.78. The maximum atomic E-state index is 12.8. The Hall–Kier alpha value is -1.53. The van der Waals surface area contributed by atoms with E-state index in [4.69, 9.17) is 0 Å². The molecular weight excluding hydrogens is 338 g/mol. The molecule has 1 amide bonds. The van der Waals surface area contributed by atoms with Gasteiger partial charge in [0.25, 0.3) is 0 Å². The van der Waals surface area contributed by atoms with Crippen LogP contribution >= 0.6 is 23.5 Å². The summed E-state index contributed by atoms with van der Waals surface area (Å²) in [5.74, 6) is 1.13. The van der Waals surface area contributed by atoms with Crippen molar-refractivity contribution in [3.8, 4) is 0 Å². The van der Waals surface area contributed by atoms with Gasteiger partial charge in [0.05, 0.1) is 5.69 Å². The highest BCUT2D eigenvalue weighted by atomic mass is 32.2. The first kappa shape index (κ1) is 17.3. The molecule has 0 aliphatic carbocycles. The number of benzene rings is 1. The van der Waals surface area contributed by atoms with Crippen molar-refractivity contribution in [1.82, 2.24) is 9.97 Å². The lowest BCUT2D eigenvalue weighted by molar-refractivity contribution is -0.118. The molecule has 0 saturated carbocycles. The molecule has 2 aromatic rings. The lowest BCUT2D eigenvalue weighted by atomic mass is 10.1. The number of anilines is 1. The third-order valence-electron chi connectivity index (χ3n) is 4.20. The first-order chi connectivity index (χ1) is 11.6. The fourth-order valence-corrected chi connectivity index (χ4v) is 4.41. The fourth-order valence-electron chi connectivity index (χ4n) is 2.96. The number of nitrogens with zero attached hydrogens (tertiary/aromatic N) is 3. The molecule has 0 spiro atoms. The number of para-hydroxylation sites is 1. The normalized spacial score (nSPS) is 13.7. The second-order valence-corrected chi connectivity index (χ2v) is 7.63. The number of aryl methyl sites for hydroxylation is 2. The second kappa shape index (κ2) is 7.57. The summed E-state index contributed by atoms with van der Waals surface area (Å²) in [6.07, 6.45) is 3.16. The van der Waals surface area contributed by atoms with Crippen molar-refractivity contribution in [3.63, 3.8) is 0 Å². The van der Waals surface area contributed by atoms with Gasteiger partial charge in [-0.3, -0.25) is 4.79 Å². The van der Waals surface area contributed by atoms with E-state index in [1.807, 2.05) is 55.0 Å². The molecule has 1 aliphatic heterocycles. The van der Waals surface area contributed by atoms with E-state index < -0.39 is 0 Å². The monoisotopic (exact) mass is 359 g/mol. The molecule has 126 valence electrons. The van der Waals surface area contributed by atoms with Crippen molar-refractivity contribution >= 4 is 35.1 Å². The maximum absolute atomic E-state index is 12.8. The third kappa shape index (κ3) is 3.59. The number of carbonyl (C=O) groups excluding carboxylic acids is 1. The van der Waals surface area contributed by atoms with Crippen LogP contribution in [0.2, 0.25) is 0 Å². The van der Waals surface area contributed by atoms with E-state index in [1.54, 1.807) is 11.8 Å². The molecule has 2 heterocycles. The Morgan fingerprint density at radius 3 is 2.67 bits per heavy atom. The van der Waals surface area contributed by atoms with E-state index in [0.29, 0.717) is 12.8 Å². The van der Waals surface area contributed by atoms with E-state index in [-0.39, 0.29) is 5.91 Å². The molecule has 24 heavy (non-hydrogen) atoms. The molecular formula is C18H21N3OS2. The van der Waals surface area contributed by atoms with Crippen molar-refractivity contribution in [2.45, 2.75) is 36.7 Å². The van der Waals surface area contributed by atoms with Crippen LogP contribution in [0.25, 0.3) is 0 Å². The van der Waals surface area contributed by atoms with E-state index in [2.05, 4.69) is 16.0 Å². The Labute approximate surface area is 151 Å². The van der Waals surface area contributed by atoms with Gasteiger partial charge in [0.2, 0.25) is 5.91 Å². The highest BCUT2D eigenvalue weighted by Gasteiger charge is 2.22. The van der Waals surface area contributed by atoms with Gasteiger partial charge in [-0.15, -0.1) is 11.8 Å². The van der Waals surface area contributed by atoms with Crippen LogP contribution < -0.4 is 4.90 Å². The Balaban J connectivity index is 1.73. The quantitative estimate of drug-likeness (QED) is 0.612. The number of amides is 1. The van der Waals surface area contributed by atoms with Gasteiger partial charge >= 0.3 is 0 Å². The zero-order chi connectivity index (χ0) is 17.1. The summed E-state index contributed by atoms with van der Waals surface area (Å²) in [6, 6.07) is 8.14. The van der Waals surface area contributed by atoms with Gasteiger partial charge < -0.3 is 4.90 Å². The first-order valence-electron chi connectivity index (χ1n) is 8.00. The lowest BCUT2D eigenvalue weighted by Crippen LogP contribution is -2.35. The van der Waals surface area contributed by atoms with Crippen molar-refractivity contribution in [2.24, 2.45) is 0 Å². The lowest BCUT2D eigenvalue weighted by Gasteiger charge is -2.29. The van der Waals surface area contributed by atoms with Crippen LogP contribution in [0.1, 0.15) is 23.4 Å². The van der Waals surface area contributed by atoms with E-state index in [1.165, 1.54) is 4.90 Å². The Morgan fingerprint density at radius 1 is 1.25 bits per heavy atom. The zero-order valence-electron chi connectivity index (χ0n) is 14.2. The summed E-state index contributed by atoms with van der Waals surface area (Å²) >= 11 is 3.36. The summed E-state index contributed by atoms with van der Waals surface area (Å²) in [7, 11) is 0. The molecule has 0 unspecified atom stereocenters. The summed E-state index contributed by atoms with van der Waals surface area (Å²) < 4.78 is 0. The number of fused-ring (bicyclic) bond motifs is 1. The van der Waals surface area contributed by atoms with Crippen molar-refractivity contribution in [1.29, 1.82) is 0 Å². The van der Waals surface area contributed by atoms with Gasteiger partial charge in [-0.25, -0.2) is 9.97 Å². The Kier molecular flexibility index (Phi) is 5.46. The van der Waals surface area contributed by atoms with Crippen molar-refractivity contribution in [2.75, 3.05) is 23.5 Å². The number of aromatic nitrogens is 2. The molecule has 1 aromatic carbocycles. The minimum atomic E-state index is 0.176. The Bertz CT molecular complexity index is 741. The van der Waals surface area contributed by atoms with Gasteiger partial charge in [0.1, 0.15) is 0 Å². The van der Waals surface area contributed by atoms with Crippen LogP contribution in [-0.4, -0.2) is 34.4 Å². The summed E-state index contributed by atoms with van der Waals surface area (Å²) in [5.41, 5.74) is 4.10. The molecule has 0 radical (unpaired) electrons. The minimum absolute atomic E-state index is 0.176. The standard InChI is InChI=1S/C18H21N3OS2/c1-12-14(13(2)20-18(19-12)23-3)8-9-17(22)21-10-11-24-16-7-5-4-6-15(16)21/h4-7H,8-11H2,1-3H3. The predicted molar refractivity (Wildman–Crippen MR) is 101 cm³/mol. The fraction of sp³-hybridized carbons (Fsp3) is 0.389. The summed E-state index contributed by atoms with van der Waals surface area (Å²) in [4.78, 5) is 24.9. The number of carbonyl (C=O) groups is 1. The van der Waals surface area contributed by atoms with E-state index in [9.17, 15) is 4.79 Å². The Morgan fingerprint density at radius 2 is 1.96 bits per heavy atom. The molecule has 3 rings (SSSR count). The first-order valence-corrected chi connectivity index (χ1v) is 10.2. The van der Waals surface area contributed by atoms with Crippen LogP contribution in [0, 0.1) is 13.8 Å². The average Bonchev–Trinajstić information content (AvgIpc) is 2.60. The van der Waals surface area contributed by atoms with Gasteiger partial charge in [0, 0.05) is 35.0 Å². The number of hydrogen-bond acceptors (Lipinski definition) is 5. The predicted octanol–water partition coefficient (Wildman–Crippen LogP) is 3.89. The van der Waals surface area contributed by atoms with Gasteiger partial charge in [-0.05, 0) is 44.2 Å².